The molecule has 0 amide bonds. The minimum atomic E-state index is -2.19. The van der Waals surface area contributed by atoms with Crippen molar-refractivity contribution in [3.05, 3.63) is 51.6 Å². The molecule has 11 heteroatoms. The molecular weight excluding hydrogens is 510 g/mol. The monoisotopic (exact) mass is 541 g/mol. The van der Waals surface area contributed by atoms with Crippen molar-refractivity contribution < 1.29 is 49.4 Å². The zero-order valence-corrected chi connectivity index (χ0v) is 21.5. The zero-order valence-electron chi connectivity index (χ0n) is 21.5. The van der Waals surface area contributed by atoms with Crippen molar-refractivity contribution in [2.24, 2.45) is 11.7 Å². The van der Waals surface area contributed by atoms with Crippen molar-refractivity contribution in [2.45, 2.75) is 62.6 Å². The first-order valence-corrected chi connectivity index (χ1v) is 12.8. The number of aliphatic hydroxyl groups is 3. The van der Waals surface area contributed by atoms with Crippen LogP contribution in [0.3, 0.4) is 0 Å². The fourth-order valence-corrected chi connectivity index (χ4v) is 6.25. The molecule has 3 aliphatic carbocycles. The number of ether oxygens (including phenoxy) is 2. The SMILES string of the molecule is COc1cccc2c1C(=O)c1c(O)c3c(c(O)c1C2=O)C[C@@](O)(C(=O)CO)C[C@@H]3OC1C[C@@H](C)[C@@H](O)[C@@H](N)C1. The van der Waals surface area contributed by atoms with Crippen molar-refractivity contribution in [3.63, 3.8) is 0 Å². The van der Waals surface area contributed by atoms with E-state index >= 15 is 0 Å². The largest absolute Gasteiger partial charge is 0.507 e. The fraction of sp³-hybridized carbons (Fsp3) is 0.464. The van der Waals surface area contributed by atoms with E-state index in [4.69, 9.17) is 15.2 Å². The summed E-state index contributed by atoms with van der Waals surface area (Å²) in [6, 6.07) is 3.81. The Morgan fingerprint density at radius 2 is 1.79 bits per heavy atom. The Kier molecular flexibility index (Phi) is 6.76. The van der Waals surface area contributed by atoms with Crippen LogP contribution in [0, 0.1) is 5.92 Å². The van der Waals surface area contributed by atoms with Gasteiger partial charge in [-0.3, -0.25) is 14.4 Å². The van der Waals surface area contributed by atoms with E-state index in [0.29, 0.717) is 6.42 Å². The number of benzene rings is 2. The molecule has 2 aromatic rings. The maximum Gasteiger partial charge on any atom is 0.202 e. The zero-order chi connectivity index (χ0) is 28.4. The molecule has 0 bridgehead atoms. The Hall–Kier alpha value is -3.35. The van der Waals surface area contributed by atoms with Crippen LogP contribution in [0.4, 0.5) is 0 Å². The molecule has 0 heterocycles. The third-order valence-corrected chi connectivity index (χ3v) is 8.29. The summed E-state index contributed by atoms with van der Waals surface area (Å²) in [5.41, 5.74) is 2.76. The number of methoxy groups -OCH3 is 1. The highest BCUT2D eigenvalue weighted by atomic mass is 16.5. The molecule has 6 atom stereocenters. The molecule has 0 spiro atoms. The maximum absolute atomic E-state index is 13.7. The second-order valence-corrected chi connectivity index (χ2v) is 10.7. The second-order valence-electron chi connectivity index (χ2n) is 10.7. The van der Waals surface area contributed by atoms with Gasteiger partial charge in [0, 0.05) is 35.6 Å². The van der Waals surface area contributed by atoms with E-state index < -0.39 is 89.4 Å². The van der Waals surface area contributed by atoms with Crippen LogP contribution in [-0.4, -0.2) is 80.4 Å². The number of ketones is 3. The van der Waals surface area contributed by atoms with Crippen LogP contribution < -0.4 is 10.5 Å². The Bertz CT molecular complexity index is 1380. The number of hydrogen-bond acceptors (Lipinski definition) is 11. The van der Waals surface area contributed by atoms with Gasteiger partial charge in [-0.2, -0.15) is 0 Å². The second kappa shape index (κ2) is 9.68. The third kappa shape index (κ3) is 4.12. The average Bonchev–Trinajstić information content (AvgIpc) is 2.90. The molecular formula is C28H31NO10. The highest BCUT2D eigenvalue weighted by Crippen LogP contribution is 2.52. The number of rotatable bonds is 5. The highest BCUT2D eigenvalue weighted by molar-refractivity contribution is 6.31. The van der Waals surface area contributed by atoms with E-state index in [-0.39, 0.29) is 40.3 Å². The maximum atomic E-state index is 13.7. The summed E-state index contributed by atoms with van der Waals surface area (Å²) in [5, 5.41) is 54.0. The molecule has 0 aromatic heterocycles. The van der Waals surface area contributed by atoms with Gasteiger partial charge in [0.1, 0.15) is 29.5 Å². The quantitative estimate of drug-likeness (QED) is 0.248. The lowest BCUT2D eigenvalue weighted by atomic mass is 9.71. The van der Waals surface area contributed by atoms with Crippen LogP contribution in [0.15, 0.2) is 18.2 Å². The van der Waals surface area contributed by atoms with Gasteiger partial charge < -0.3 is 40.7 Å². The summed E-state index contributed by atoms with van der Waals surface area (Å²) >= 11 is 0. The van der Waals surface area contributed by atoms with Gasteiger partial charge in [-0.1, -0.05) is 19.1 Å². The third-order valence-electron chi connectivity index (χ3n) is 8.29. The predicted molar refractivity (Wildman–Crippen MR) is 135 cm³/mol. The van der Waals surface area contributed by atoms with Gasteiger partial charge in [0.15, 0.2) is 11.6 Å². The number of carbonyl (C=O) groups excluding carboxylic acids is 3. The van der Waals surface area contributed by atoms with Crippen molar-refractivity contribution in [1.82, 2.24) is 0 Å². The fourth-order valence-electron chi connectivity index (χ4n) is 6.25. The van der Waals surface area contributed by atoms with Crippen molar-refractivity contribution >= 4 is 17.3 Å². The molecule has 5 rings (SSSR count). The smallest absolute Gasteiger partial charge is 0.202 e. The highest BCUT2D eigenvalue weighted by Gasteiger charge is 2.50. The Balaban J connectivity index is 1.69. The van der Waals surface area contributed by atoms with E-state index in [1.54, 1.807) is 6.92 Å². The molecule has 0 saturated heterocycles. The molecule has 11 nitrogen and oxygen atoms in total. The summed E-state index contributed by atoms with van der Waals surface area (Å²) in [6.45, 7) is 0.813. The number of hydrogen-bond donors (Lipinski definition) is 6. The van der Waals surface area contributed by atoms with Gasteiger partial charge in [0.2, 0.25) is 5.78 Å². The minimum Gasteiger partial charge on any atom is -0.507 e. The topological polar surface area (TPSA) is 197 Å². The lowest BCUT2D eigenvalue weighted by molar-refractivity contribution is -0.151. The van der Waals surface area contributed by atoms with Crippen molar-refractivity contribution in [1.29, 1.82) is 0 Å². The summed E-state index contributed by atoms with van der Waals surface area (Å²) < 4.78 is 11.5. The number of phenolic OH excluding ortho intramolecular Hbond substituents is 2. The number of phenols is 2. The predicted octanol–water partition coefficient (Wildman–Crippen LogP) is 0.665. The van der Waals surface area contributed by atoms with E-state index in [1.165, 1.54) is 25.3 Å². The first kappa shape index (κ1) is 27.2. The molecule has 2 aromatic carbocycles. The van der Waals surface area contributed by atoms with Crippen LogP contribution in [0.2, 0.25) is 0 Å². The van der Waals surface area contributed by atoms with E-state index in [2.05, 4.69) is 0 Å². The van der Waals surface area contributed by atoms with Gasteiger partial charge in [-0.15, -0.1) is 0 Å². The van der Waals surface area contributed by atoms with Crippen LogP contribution >= 0.6 is 0 Å². The Labute approximate surface area is 223 Å². The van der Waals surface area contributed by atoms with Crippen molar-refractivity contribution in [2.75, 3.05) is 13.7 Å². The Morgan fingerprint density at radius 1 is 1.10 bits per heavy atom. The number of Topliss-reactive ketones (excluding diaryl/α,β-unsaturated/α-hetero) is 1. The lowest BCUT2D eigenvalue weighted by Gasteiger charge is -2.42. The van der Waals surface area contributed by atoms with E-state index in [1.807, 2.05) is 0 Å². The molecule has 0 radical (unpaired) electrons. The molecule has 208 valence electrons. The summed E-state index contributed by atoms with van der Waals surface area (Å²) in [5.74, 6) is -3.79. The molecule has 39 heavy (non-hydrogen) atoms. The molecule has 3 aliphatic rings. The molecule has 1 saturated carbocycles. The summed E-state index contributed by atoms with van der Waals surface area (Å²) in [7, 11) is 1.34. The van der Waals surface area contributed by atoms with Crippen LogP contribution in [-0.2, 0) is 16.0 Å². The van der Waals surface area contributed by atoms with Crippen LogP contribution in [0.1, 0.15) is 75.3 Å². The average molecular weight is 542 g/mol. The van der Waals surface area contributed by atoms with Gasteiger partial charge in [-0.25, -0.2) is 0 Å². The first-order valence-electron chi connectivity index (χ1n) is 12.8. The normalized spacial score (nSPS) is 29.8. The summed E-state index contributed by atoms with van der Waals surface area (Å²) in [4.78, 5) is 39.8. The number of nitrogens with two attached hydrogens (primary N) is 1. The van der Waals surface area contributed by atoms with Crippen LogP contribution in [0.5, 0.6) is 17.2 Å². The minimum absolute atomic E-state index is 0.0319. The van der Waals surface area contributed by atoms with E-state index in [0.717, 1.165) is 0 Å². The number of fused-ring (bicyclic) bond motifs is 3. The summed E-state index contributed by atoms with van der Waals surface area (Å²) in [6.07, 6.45) is -2.82. The Morgan fingerprint density at radius 3 is 2.44 bits per heavy atom. The van der Waals surface area contributed by atoms with E-state index in [9.17, 15) is 39.9 Å². The van der Waals surface area contributed by atoms with Gasteiger partial charge >= 0.3 is 0 Å². The number of aliphatic hydroxyl groups excluding tert-OH is 2. The van der Waals surface area contributed by atoms with Gasteiger partial charge in [0.05, 0.1) is 42.1 Å². The van der Waals surface area contributed by atoms with Crippen molar-refractivity contribution in [3.8, 4) is 17.2 Å². The molecule has 0 aliphatic heterocycles. The molecule has 7 N–H and O–H groups in total. The molecule has 1 fully saturated rings. The first-order chi connectivity index (χ1) is 18.4. The lowest BCUT2D eigenvalue weighted by Crippen LogP contribution is -2.50. The van der Waals surface area contributed by atoms with Gasteiger partial charge in [0.25, 0.3) is 0 Å². The van der Waals surface area contributed by atoms with Gasteiger partial charge in [-0.05, 0) is 24.8 Å². The van der Waals surface area contributed by atoms with Crippen LogP contribution in [0.25, 0.3) is 0 Å². The molecule has 1 unspecified atom stereocenters. The number of carbonyl (C=O) groups is 3. The standard InChI is InChI=1S/C28H31NO10/c1-11-6-12(7-15(29)23(11)32)39-17-9-28(37,18(31)10-30)8-14-20(17)27(36)22-21(25(14)34)24(33)13-4-3-5-16(38-2)19(13)26(22)35/h3-5,11-12,15,17,23,30,32,34,36-37H,6-10,29H2,1-2H3/t11-,12?,15+,17+,23-,28+/m1/s1. The number of aromatic hydroxyl groups is 2.